The second-order valence-electron chi connectivity index (χ2n) is 13.3. The maximum Gasteiger partial charge on any atom is 0.0490 e. The second kappa shape index (κ2) is 16.9. The van der Waals surface area contributed by atoms with Gasteiger partial charge in [0.05, 0.1) is 0 Å². The van der Waals surface area contributed by atoms with E-state index in [9.17, 15) is 0 Å². The van der Waals surface area contributed by atoms with E-state index in [0.717, 1.165) is 77.5 Å². The zero-order valence-corrected chi connectivity index (χ0v) is 33.2. The van der Waals surface area contributed by atoms with E-state index < -0.39 is 0 Å². The van der Waals surface area contributed by atoms with E-state index >= 15 is 0 Å². The topological polar surface area (TPSA) is 52.0 Å². The van der Waals surface area contributed by atoms with Gasteiger partial charge in [0.2, 0.25) is 0 Å². The van der Waals surface area contributed by atoms with Crippen molar-refractivity contribution in [1.82, 2.24) is 0 Å². The monoisotopic (exact) mass is 750 g/mol. The molecule has 0 amide bonds. The molecule has 2 unspecified atom stereocenters. The van der Waals surface area contributed by atoms with Gasteiger partial charge in [-0.25, -0.2) is 0 Å². The van der Waals surface area contributed by atoms with E-state index in [1.807, 2.05) is 22.7 Å². The van der Waals surface area contributed by atoms with E-state index in [0.29, 0.717) is 0 Å². The van der Waals surface area contributed by atoms with Crippen molar-refractivity contribution in [3.63, 3.8) is 0 Å². The molecule has 0 aliphatic heterocycles. The van der Waals surface area contributed by atoms with Crippen molar-refractivity contribution in [1.29, 1.82) is 0 Å². The average Bonchev–Trinajstić information content (AvgIpc) is 3.88. The number of benzene rings is 4. The van der Waals surface area contributed by atoms with Crippen LogP contribution in [0.5, 0.6) is 0 Å². The molecule has 0 fully saturated rings. The lowest BCUT2D eigenvalue weighted by Gasteiger charge is -2.25. The summed E-state index contributed by atoms with van der Waals surface area (Å²) in [6.45, 7) is 8.62. The normalized spacial score (nSPS) is 12.7. The van der Waals surface area contributed by atoms with Gasteiger partial charge in [-0.1, -0.05) is 124 Å². The van der Waals surface area contributed by atoms with Crippen molar-refractivity contribution in [2.24, 2.45) is 0 Å². The summed E-state index contributed by atoms with van der Waals surface area (Å²) in [6.07, 6.45) is 5.83. The van der Waals surface area contributed by atoms with Crippen LogP contribution in [0.2, 0.25) is 10.0 Å². The SMILES string of the molecule is CCc1cc(CC(c2cccs2)c2ccccc2Cc2ccccc2C(Cc2cc(CC)c(N)c(CC)c2Cl)c2cccs2)c(Cl)c(CC)c1N. The van der Waals surface area contributed by atoms with Crippen LogP contribution in [-0.4, -0.2) is 0 Å². The van der Waals surface area contributed by atoms with Crippen LogP contribution < -0.4 is 11.5 Å². The molecule has 2 nitrogen and oxygen atoms in total. The largest absolute Gasteiger partial charge is 0.398 e. The second-order valence-corrected chi connectivity index (χ2v) is 16.0. The van der Waals surface area contributed by atoms with Gasteiger partial charge >= 0.3 is 0 Å². The van der Waals surface area contributed by atoms with Crippen LogP contribution in [0.4, 0.5) is 11.4 Å². The Morgan fingerprint density at radius 2 is 0.922 bits per heavy atom. The van der Waals surface area contributed by atoms with Gasteiger partial charge in [-0.2, -0.15) is 0 Å². The quantitative estimate of drug-likeness (QED) is 0.109. The van der Waals surface area contributed by atoms with Gasteiger partial charge in [-0.15, -0.1) is 22.7 Å². The summed E-state index contributed by atoms with van der Waals surface area (Å²) in [7, 11) is 0. The number of anilines is 2. The first-order valence-electron chi connectivity index (χ1n) is 18.2. The average molecular weight is 752 g/mol. The Labute approximate surface area is 322 Å². The van der Waals surface area contributed by atoms with E-state index in [4.69, 9.17) is 34.7 Å². The van der Waals surface area contributed by atoms with Crippen molar-refractivity contribution >= 4 is 57.3 Å². The predicted molar refractivity (Wildman–Crippen MR) is 225 cm³/mol. The Morgan fingerprint density at radius 3 is 1.27 bits per heavy atom. The number of hydrogen-bond acceptors (Lipinski definition) is 4. The molecule has 0 radical (unpaired) electrons. The van der Waals surface area contributed by atoms with Crippen LogP contribution >= 0.6 is 45.9 Å². The zero-order chi connectivity index (χ0) is 36.1. The first-order valence-corrected chi connectivity index (χ1v) is 20.7. The molecule has 6 aromatic rings. The highest BCUT2D eigenvalue weighted by Gasteiger charge is 2.26. The third-order valence-electron chi connectivity index (χ3n) is 10.5. The van der Waals surface area contributed by atoms with E-state index in [1.165, 1.54) is 54.3 Å². The molecule has 6 heteroatoms. The fourth-order valence-corrected chi connectivity index (χ4v) is 10.1. The zero-order valence-electron chi connectivity index (χ0n) is 30.1. The minimum atomic E-state index is 0.158. The summed E-state index contributed by atoms with van der Waals surface area (Å²) < 4.78 is 0. The number of hydrogen-bond donors (Lipinski definition) is 2. The molecular formula is C45H48Cl2N2S2. The number of nitrogens with two attached hydrogens (primary N) is 2. The Kier molecular flexibility index (Phi) is 12.3. The molecular weight excluding hydrogens is 704 g/mol. The van der Waals surface area contributed by atoms with Crippen molar-refractivity contribution in [2.45, 2.75) is 84.5 Å². The van der Waals surface area contributed by atoms with E-state index in [2.05, 4.69) is 123 Å². The number of aryl methyl sites for hydroxylation is 2. The maximum atomic E-state index is 7.14. The molecule has 6 rings (SSSR count). The molecule has 51 heavy (non-hydrogen) atoms. The molecule has 4 aromatic carbocycles. The van der Waals surface area contributed by atoms with Crippen molar-refractivity contribution in [3.8, 4) is 0 Å². The summed E-state index contributed by atoms with van der Waals surface area (Å²) >= 11 is 17.9. The van der Waals surface area contributed by atoms with Crippen LogP contribution in [0, 0.1) is 0 Å². The molecule has 0 aliphatic carbocycles. The highest BCUT2D eigenvalue weighted by Crippen LogP contribution is 2.42. The Bertz CT molecular complexity index is 1930. The molecule has 0 saturated heterocycles. The number of rotatable bonds is 14. The fourth-order valence-electron chi connectivity index (χ4n) is 7.71. The fraction of sp³-hybridized carbons (Fsp3) is 0.289. The molecule has 264 valence electrons. The van der Waals surface area contributed by atoms with Crippen molar-refractivity contribution in [2.75, 3.05) is 11.5 Å². The van der Waals surface area contributed by atoms with Gasteiger partial charge in [0.25, 0.3) is 0 Å². The predicted octanol–water partition coefficient (Wildman–Crippen LogP) is 12.9. The minimum absolute atomic E-state index is 0.158. The standard InChI is InChI=1S/C45H48Cl2N2S2/c1-5-28-23-32(42(46)34(7-3)44(28)48)26-38(40-19-13-21-50-40)36-17-11-9-15-30(36)25-31-16-10-12-18-37(31)39(41-20-14-22-51-41)27-33-24-29(6-2)45(49)35(8-4)43(33)47/h9-24,38-39H,5-8,25-27,48-49H2,1-4H3. The third kappa shape index (κ3) is 7.81. The molecule has 2 atom stereocenters. The molecule has 0 bridgehead atoms. The van der Waals surface area contributed by atoms with Crippen LogP contribution in [0.1, 0.15) is 105 Å². The van der Waals surface area contributed by atoms with E-state index in [1.54, 1.807) is 0 Å². The number of thiophene rings is 2. The summed E-state index contributed by atoms with van der Waals surface area (Å²) in [5.74, 6) is 0.316. The lowest BCUT2D eigenvalue weighted by atomic mass is 9.82. The molecule has 0 aliphatic rings. The smallest absolute Gasteiger partial charge is 0.0490 e. The van der Waals surface area contributed by atoms with Gasteiger partial charge in [0.1, 0.15) is 0 Å². The van der Waals surface area contributed by atoms with Crippen LogP contribution in [0.15, 0.2) is 95.7 Å². The van der Waals surface area contributed by atoms with Gasteiger partial charge in [-0.05, 0) is 123 Å². The summed E-state index contributed by atoms with van der Waals surface area (Å²) in [4.78, 5) is 2.68. The number of halogens is 2. The molecule has 4 N–H and O–H groups in total. The molecule has 0 spiro atoms. The van der Waals surface area contributed by atoms with Crippen LogP contribution in [-0.2, 0) is 44.9 Å². The maximum absolute atomic E-state index is 7.14. The molecule has 2 heterocycles. The third-order valence-corrected chi connectivity index (χ3v) is 13.4. The highest BCUT2D eigenvalue weighted by molar-refractivity contribution is 7.10. The summed E-state index contributed by atoms with van der Waals surface area (Å²) in [5.41, 5.74) is 27.0. The van der Waals surface area contributed by atoms with Gasteiger partial charge in [0, 0.05) is 43.0 Å². The van der Waals surface area contributed by atoms with Crippen molar-refractivity contribution < 1.29 is 0 Å². The van der Waals surface area contributed by atoms with Crippen LogP contribution in [0.3, 0.4) is 0 Å². The highest BCUT2D eigenvalue weighted by atomic mass is 35.5. The first kappa shape index (κ1) is 37.2. The molecule has 2 aromatic heterocycles. The van der Waals surface area contributed by atoms with E-state index in [-0.39, 0.29) is 11.8 Å². The Hall–Kier alpha value is -3.54. The Balaban J connectivity index is 1.42. The molecule has 0 saturated carbocycles. The lowest BCUT2D eigenvalue weighted by molar-refractivity contribution is 0.793. The first-order chi connectivity index (χ1) is 24.8. The summed E-state index contributed by atoms with van der Waals surface area (Å²) in [5, 5.41) is 5.99. The summed E-state index contributed by atoms with van der Waals surface area (Å²) in [6, 6.07) is 31.3. The van der Waals surface area contributed by atoms with Gasteiger partial charge in [-0.3, -0.25) is 0 Å². The van der Waals surface area contributed by atoms with Crippen LogP contribution in [0.25, 0.3) is 0 Å². The van der Waals surface area contributed by atoms with Gasteiger partial charge < -0.3 is 11.5 Å². The van der Waals surface area contributed by atoms with Gasteiger partial charge in [0.15, 0.2) is 0 Å². The van der Waals surface area contributed by atoms with Crippen molar-refractivity contribution in [3.05, 3.63) is 171 Å². The lowest BCUT2D eigenvalue weighted by Crippen LogP contribution is -2.12. The number of nitrogen functional groups attached to an aromatic ring is 2. The minimum Gasteiger partial charge on any atom is -0.398 e. The Morgan fingerprint density at radius 1 is 0.510 bits per heavy atom.